The third-order valence-electron chi connectivity index (χ3n) is 2.39. The first-order valence-corrected chi connectivity index (χ1v) is 7.11. The summed E-state index contributed by atoms with van der Waals surface area (Å²) in [6.45, 7) is 10.1. The molecule has 1 rings (SSSR count). The molecule has 19 heavy (non-hydrogen) atoms. The lowest BCUT2D eigenvalue weighted by molar-refractivity contribution is 0.0689. The van der Waals surface area contributed by atoms with Crippen LogP contribution in [0.1, 0.15) is 38.2 Å². The molecule has 5 nitrogen and oxygen atoms in total. The van der Waals surface area contributed by atoms with Crippen LogP contribution in [0.15, 0.2) is 10.7 Å². The van der Waals surface area contributed by atoms with E-state index in [9.17, 15) is 4.79 Å². The average molecular weight is 330 g/mol. The summed E-state index contributed by atoms with van der Waals surface area (Å²) in [4.78, 5) is 21.5. The standard InChI is InChI=1S/C13H20BrN3O2/c1-8(2)6-17(7-9(3)4)13-15-5-10(14)11(16-13)12(18)19/h5,8-9H,6-7H2,1-4H3,(H,18,19). The summed E-state index contributed by atoms with van der Waals surface area (Å²) in [5, 5.41) is 9.10. The molecule has 0 aliphatic carbocycles. The molecule has 1 aromatic rings. The van der Waals surface area contributed by atoms with Crippen LogP contribution in [-0.4, -0.2) is 34.1 Å². The zero-order valence-electron chi connectivity index (χ0n) is 11.7. The van der Waals surface area contributed by atoms with Gasteiger partial charge in [-0.25, -0.2) is 14.8 Å². The number of hydrogen-bond acceptors (Lipinski definition) is 4. The smallest absolute Gasteiger partial charge is 0.355 e. The molecule has 0 aromatic carbocycles. The van der Waals surface area contributed by atoms with Crippen molar-refractivity contribution in [2.75, 3.05) is 18.0 Å². The van der Waals surface area contributed by atoms with E-state index in [0.29, 0.717) is 22.3 Å². The lowest BCUT2D eigenvalue weighted by Gasteiger charge is -2.26. The molecule has 1 heterocycles. The fraction of sp³-hybridized carbons (Fsp3) is 0.615. The fourth-order valence-corrected chi connectivity index (χ4v) is 2.14. The highest BCUT2D eigenvalue weighted by molar-refractivity contribution is 9.10. The van der Waals surface area contributed by atoms with Crippen LogP contribution in [0.25, 0.3) is 0 Å². The SMILES string of the molecule is CC(C)CN(CC(C)C)c1ncc(Br)c(C(=O)O)n1. The van der Waals surface area contributed by atoms with Gasteiger partial charge >= 0.3 is 5.97 Å². The predicted octanol–water partition coefficient (Wildman–Crippen LogP) is 3.06. The molecule has 0 atom stereocenters. The largest absolute Gasteiger partial charge is 0.476 e. The van der Waals surface area contributed by atoms with Crippen molar-refractivity contribution < 1.29 is 9.90 Å². The van der Waals surface area contributed by atoms with E-state index in [1.54, 1.807) is 0 Å². The van der Waals surface area contributed by atoms with Crippen molar-refractivity contribution in [3.05, 3.63) is 16.4 Å². The highest BCUT2D eigenvalue weighted by Gasteiger charge is 2.17. The van der Waals surface area contributed by atoms with Gasteiger partial charge in [0.15, 0.2) is 5.69 Å². The van der Waals surface area contributed by atoms with Gasteiger partial charge in [-0.3, -0.25) is 0 Å². The van der Waals surface area contributed by atoms with Crippen LogP contribution in [0.3, 0.4) is 0 Å². The highest BCUT2D eigenvalue weighted by atomic mass is 79.9. The van der Waals surface area contributed by atoms with Crippen LogP contribution >= 0.6 is 15.9 Å². The topological polar surface area (TPSA) is 66.3 Å². The second-order valence-corrected chi connectivity index (χ2v) is 6.22. The first-order chi connectivity index (χ1) is 8.81. The Bertz CT molecular complexity index is 440. The van der Waals surface area contributed by atoms with E-state index in [4.69, 9.17) is 5.11 Å². The second kappa shape index (κ2) is 6.84. The molecule has 0 saturated heterocycles. The number of aromatic carboxylic acids is 1. The maximum absolute atomic E-state index is 11.1. The van der Waals surface area contributed by atoms with Gasteiger partial charge in [0.1, 0.15) is 0 Å². The number of halogens is 1. The Morgan fingerprint density at radius 3 is 2.26 bits per heavy atom. The van der Waals surface area contributed by atoms with E-state index in [1.165, 1.54) is 6.20 Å². The van der Waals surface area contributed by atoms with E-state index in [0.717, 1.165) is 13.1 Å². The number of anilines is 1. The summed E-state index contributed by atoms with van der Waals surface area (Å²) in [5.74, 6) is 0.339. The first-order valence-electron chi connectivity index (χ1n) is 6.32. The molecule has 0 bridgehead atoms. The lowest BCUT2D eigenvalue weighted by atomic mass is 10.1. The zero-order chi connectivity index (χ0) is 14.6. The van der Waals surface area contributed by atoms with Gasteiger partial charge in [0, 0.05) is 19.3 Å². The van der Waals surface area contributed by atoms with Crippen LogP contribution in [-0.2, 0) is 0 Å². The third-order valence-corrected chi connectivity index (χ3v) is 2.97. The molecule has 0 saturated carbocycles. The maximum atomic E-state index is 11.1. The van der Waals surface area contributed by atoms with Crippen LogP contribution in [0.2, 0.25) is 0 Å². The molecule has 0 fully saturated rings. The predicted molar refractivity (Wildman–Crippen MR) is 78.6 cm³/mol. The van der Waals surface area contributed by atoms with Gasteiger partial charge in [0.25, 0.3) is 0 Å². The van der Waals surface area contributed by atoms with E-state index in [-0.39, 0.29) is 5.69 Å². The molecule has 1 N–H and O–H groups in total. The van der Waals surface area contributed by atoms with Gasteiger partial charge in [0.05, 0.1) is 4.47 Å². The first kappa shape index (κ1) is 15.9. The molecule has 0 unspecified atom stereocenters. The molecule has 0 amide bonds. The minimum atomic E-state index is -1.05. The van der Waals surface area contributed by atoms with Crippen molar-refractivity contribution in [3.8, 4) is 0 Å². The number of carboxylic acids is 1. The minimum Gasteiger partial charge on any atom is -0.476 e. The van der Waals surface area contributed by atoms with Crippen LogP contribution < -0.4 is 4.90 Å². The summed E-state index contributed by atoms with van der Waals surface area (Å²) in [6, 6.07) is 0. The molecule has 1 aromatic heterocycles. The minimum absolute atomic E-state index is 0.00233. The van der Waals surface area contributed by atoms with Crippen molar-refractivity contribution >= 4 is 27.8 Å². The zero-order valence-corrected chi connectivity index (χ0v) is 13.3. The van der Waals surface area contributed by atoms with Crippen molar-refractivity contribution in [3.63, 3.8) is 0 Å². The maximum Gasteiger partial charge on any atom is 0.355 e. The molecule has 6 heteroatoms. The lowest BCUT2D eigenvalue weighted by Crippen LogP contribution is -2.33. The average Bonchev–Trinajstić information content (AvgIpc) is 2.27. The van der Waals surface area contributed by atoms with Crippen molar-refractivity contribution in [2.45, 2.75) is 27.7 Å². The number of aromatic nitrogens is 2. The molecule has 106 valence electrons. The molecule has 0 spiro atoms. The third kappa shape index (κ3) is 4.78. The van der Waals surface area contributed by atoms with Gasteiger partial charge in [-0.2, -0.15) is 0 Å². The number of carbonyl (C=O) groups is 1. The Morgan fingerprint density at radius 1 is 1.32 bits per heavy atom. The Kier molecular flexibility index (Phi) is 5.72. The Balaban J connectivity index is 3.07. The molecule has 0 aliphatic rings. The van der Waals surface area contributed by atoms with E-state index in [2.05, 4.69) is 53.6 Å². The number of carboxylic acid groups (broad SMARTS) is 1. The van der Waals surface area contributed by atoms with Gasteiger partial charge in [-0.15, -0.1) is 0 Å². The monoisotopic (exact) mass is 329 g/mol. The second-order valence-electron chi connectivity index (χ2n) is 5.36. The molecule has 0 aliphatic heterocycles. The number of rotatable bonds is 6. The Labute approximate surface area is 122 Å². The van der Waals surface area contributed by atoms with Crippen molar-refractivity contribution in [1.29, 1.82) is 0 Å². The van der Waals surface area contributed by atoms with Crippen LogP contribution in [0.4, 0.5) is 5.95 Å². The van der Waals surface area contributed by atoms with Crippen LogP contribution in [0, 0.1) is 11.8 Å². The van der Waals surface area contributed by atoms with E-state index in [1.807, 2.05) is 4.90 Å². The Morgan fingerprint density at radius 2 is 1.84 bits per heavy atom. The van der Waals surface area contributed by atoms with Gasteiger partial charge in [-0.1, -0.05) is 27.7 Å². The fourth-order valence-electron chi connectivity index (χ4n) is 1.78. The highest BCUT2D eigenvalue weighted by Crippen LogP contribution is 2.18. The van der Waals surface area contributed by atoms with E-state index < -0.39 is 5.97 Å². The van der Waals surface area contributed by atoms with Crippen molar-refractivity contribution in [2.24, 2.45) is 11.8 Å². The van der Waals surface area contributed by atoms with Crippen LogP contribution in [0.5, 0.6) is 0 Å². The summed E-state index contributed by atoms with van der Waals surface area (Å²) in [7, 11) is 0. The quantitative estimate of drug-likeness (QED) is 0.868. The van der Waals surface area contributed by atoms with Gasteiger partial charge in [0.2, 0.25) is 5.95 Å². The number of hydrogen-bond donors (Lipinski definition) is 1. The molecular weight excluding hydrogens is 310 g/mol. The Hall–Kier alpha value is -1.17. The summed E-state index contributed by atoms with van der Waals surface area (Å²) in [6.07, 6.45) is 1.50. The van der Waals surface area contributed by atoms with E-state index >= 15 is 0 Å². The molecular formula is C13H20BrN3O2. The normalized spacial score (nSPS) is 11.1. The summed E-state index contributed by atoms with van der Waals surface area (Å²) < 4.78 is 0.401. The number of nitrogens with zero attached hydrogens (tertiary/aromatic N) is 3. The summed E-state index contributed by atoms with van der Waals surface area (Å²) >= 11 is 3.16. The van der Waals surface area contributed by atoms with Crippen molar-refractivity contribution in [1.82, 2.24) is 9.97 Å². The van der Waals surface area contributed by atoms with Gasteiger partial charge in [-0.05, 0) is 27.8 Å². The summed E-state index contributed by atoms with van der Waals surface area (Å²) in [5.41, 5.74) is 0.00233. The molecule has 0 radical (unpaired) electrons. The van der Waals surface area contributed by atoms with Gasteiger partial charge < -0.3 is 10.0 Å².